The molecule has 1 aliphatic rings. The number of hydrogen-bond donors (Lipinski definition) is 2. The van der Waals surface area contributed by atoms with Crippen LogP contribution in [-0.4, -0.2) is 35.3 Å². The van der Waals surface area contributed by atoms with E-state index in [2.05, 4.69) is 9.97 Å². The van der Waals surface area contributed by atoms with Crippen molar-refractivity contribution in [1.29, 1.82) is 5.26 Å². The predicted octanol–water partition coefficient (Wildman–Crippen LogP) is -0.124. The summed E-state index contributed by atoms with van der Waals surface area (Å²) in [6, 6.07) is 3.55. The second-order valence-electron chi connectivity index (χ2n) is 5.04. The lowest BCUT2D eigenvalue weighted by molar-refractivity contribution is -0.115. The predicted molar refractivity (Wildman–Crippen MR) is 89.8 cm³/mol. The minimum Gasteiger partial charge on any atom is -0.366 e. The lowest BCUT2D eigenvalue weighted by Gasteiger charge is -2.38. The molecule has 1 heterocycles. The van der Waals surface area contributed by atoms with E-state index in [0.717, 1.165) is 11.8 Å². The van der Waals surface area contributed by atoms with Crippen molar-refractivity contribution in [3.8, 4) is 6.07 Å². The van der Waals surface area contributed by atoms with Crippen LogP contribution in [0.1, 0.15) is 11.5 Å². The zero-order valence-electron chi connectivity index (χ0n) is 12.7. The second-order valence-corrected chi connectivity index (χ2v) is 7.95. The Labute approximate surface area is 143 Å². The molecule has 2 rings (SSSR count). The molecular weight excluding hydrogens is 350 g/mol. The smallest absolute Gasteiger partial charge is 0.246 e. The van der Waals surface area contributed by atoms with Crippen LogP contribution in [0.25, 0.3) is 0 Å². The molecule has 0 radical (unpaired) electrons. The van der Waals surface area contributed by atoms with Crippen molar-refractivity contribution < 1.29 is 13.2 Å². The number of sulfonamides is 1. The zero-order valence-corrected chi connectivity index (χ0v) is 14.3. The van der Waals surface area contributed by atoms with E-state index < -0.39 is 25.9 Å². The van der Waals surface area contributed by atoms with Crippen molar-refractivity contribution in [2.75, 3.05) is 5.75 Å². The van der Waals surface area contributed by atoms with Gasteiger partial charge in [0, 0.05) is 17.5 Å². The van der Waals surface area contributed by atoms with Crippen molar-refractivity contribution in [3.63, 3.8) is 0 Å². The van der Waals surface area contributed by atoms with Crippen LogP contribution in [-0.2, 0) is 19.6 Å². The molecule has 2 unspecified atom stereocenters. The minimum atomic E-state index is -4.14. The van der Waals surface area contributed by atoms with Gasteiger partial charge >= 0.3 is 0 Å². The van der Waals surface area contributed by atoms with Gasteiger partial charge in [0.1, 0.15) is 10.00 Å². The summed E-state index contributed by atoms with van der Waals surface area (Å²) >= 11 is 0.912. The molecule has 0 aromatic carbocycles. The molecule has 8 nitrogen and oxygen atoms in total. The number of hydrogen-bond acceptors (Lipinski definition) is 7. The minimum absolute atomic E-state index is 0.0186. The fraction of sp³-hybridized carbons (Fsp3) is 0.286. The summed E-state index contributed by atoms with van der Waals surface area (Å²) in [4.78, 5) is 20.4. The first-order chi connectivity index (χ1) is 11.2. The number of carbonyl (C=O) groups excluding carboxylic acids is 1. The molecule has 0 saturated carbocycles. The van der Waals surface area contributed by atoms with E-state index in [4.69, 9.17) is 16.1 Å². The lowest BCUT2D eigenvalue weighted by atomic mass is 9.88. The first-order valence-corrected chi connectivity index (χ1v) is 9.34. The standard InChI is InChI=1S/C14H15N5O3S2/c1-9-5-7-18-13(19-9)14(23-8-6-15)10(12(16)20)3-2-4-11(14)24(17,21)22/h2-5,7,11H,8H2,1H3,(H2,16,20)(H2,17,21,22). The Balaban J connectivity index is 2.84. The molecule has 0 saturated heterocycles. The number of amides is 1. The summed E-state index contributed by atoms with van der Waals surface area (Å²) in [5.74, 6) is -0.873. The molecule has 126 valence electrons. The normalized spacial score (nSPS) is 23.4. The highest BCUT2D eigenvalue weighted by Crippen LogP contribution is 2.48. The van der Waals surface area contributed by atoms with Gasteiger partial charge in [0.15, 0.2) is 5.82 Å². The number of carbonyl (C=O) groups is 1. The molecule has 1 aromatic heterocycles. The Bertz CT molecular complexity index is 873. The number of nitrogens with zero attached hydrogens (tertiary/aromatic N) is 3. The SMILES string of the molecule is Cc1ccnc(C2(SCC#N)C(C(N)=O)=CC=CC2S(N)(=O)=O)n1. The molecule has 1 aromatic rings. The van der Waals surface area contributed by atoms with Crippen molar-refractivity contribution in [3.05, 3.63) is 47.6 Å². The van der Waals surface area contributed by atoms with Gasteiger partial charge in [-0.3, -0.25) is 4.79 Å². The van der Waals surface area contributed by atoms with Crippen LogP contribution >= 0.6 is 11.8 Å². The quantitative estimate of drug-likeness (QED) is 0.737. The number of rotatable bonds is 5. The fourth-order valence-electron chi connectivity index (χ4n) is 2.52. The van der Waals surface area contributed by atoms with Crippen molar-refractivity contribution in [2.24, 2.45) is 10.9 Å². The number of thioether (sulfide) groups is 1. The van der Waals surface area contributed by atoms with Gasteiger partial charge in [-0.15, -0.1) is 11.8 Å². The molecule has 4 N–H and O–H groups in total. The molecule has 2 atom stereocenters. The van der Waals surface area contributed by atoms with E-state index >= 15 is 0 Å². The third-order valence-corrected chi connectivity index (χ3v) is 6.21. The summed E-state index contributed by atoms with van der Waals surface area (Å²) in [6.07, 6.45) is 5.59. The topological polar surface area (TPSA) is 153 Å². The molecule has 10 heteroatoms. The van der Waals surface area contributed by atoms with Crippen LogP contribution in [0.3, 0.4) is 0 Å². The Hall–Kier alpha value is -2.22. The van der Waals surface area contributed by atoms with Crippen molar-refractivity contribution in [2.45, 2.75) is 16.9 Å². The van der Waals surface area contributed by atoms with Gasteiger partial charge < -0.3 is 5.73 Å². The van der Waals surface area contributed by atoms with Gasteiger partial charge in [0.05, 0.1) is 11.8 Å². The van der Waals surface area contributed by atoms with Gasteiger partial charge in [0.2, 0.25) is 15.9 Å². The molecule has 24 heavy (non-hydrogen) atoms. The number of aromatic nitrogens is 2. The number of allylic oxidation sites excluding steroid dienone is 2. The summed E-state index contributed by atoms with van der Waals surface area (Å²) in [6.45, 7) is 1.70. The third kappa shape index (κ3) is 3.19. The maximum absolute atomic E-state index is 12.2. The molecule has 0 fully saturated rings. The van der Waals surface area contributed by atoms with Crippen molar-refractivity contribution in [1.82, 2.24) is 9.97 Å². The third-order valence-electron chi connectivity index (χ3n) is 3.46. The number of primary sulfonamides is 1. The summed E-state index contributed by atoms with van der Waals surface area (Å²) < 4.78 is 22.8. The average Bonchev–Trinajstić information content (AvgIpc) is 2.51. The molecule has 0 spiro atoms. The van der Waals surface area contributed by atoms with E-state index in [1.54, 1.807) is 13.0 Å². The lowest BCUT2D eigenvalue weighted by Crippen LogP contribution is -2.50. The Morgan fingerprint density at radius 2 is 2.25 bits per heavy atom. The summed E-state index contributed by atoms with van der Waals surface area (Å²) in [7, 11) is -4.14. The Kier molecular flexibility index (Phi) is 5.08. The van der Waals surface area contributed by atoms with Gasteiger partial charge in [0.25, 0.3) is 0 Å². The highest BCUT2D eigenvalue weighted by atomic mass is 32.2. The van der Waals surface area contributed by atoms with Crippen LogP contribution in [0.4, 0.5) is 0 Å². The fourth-order valence-corrected chi connectivity index (χ4v) is 5.22. The number of nitrogens with two attached hydrogens (primary N) is 2. The maximum Gasteiger partial charge on any atom is 0.246 e. The van der Waals surface area contributed by atoms with E-state index in [1.807, 2.05) is 6.07 Å². The first kappa shape index (κ1) is 18.1. The molecule has 0 aliphatic heterocycles. The van der Waals surface area contributed by atoms with E-state index in [9.17, 15) is 13.2 Å². The van der Waals surface area contributed by atoms with Crippen LogP contribution in [0.2, 0.25) is 0 Å². The Morgan fingerprint density at radius 1 is 1.54 bits per heavy atom. The molecule has 0 bridgehead atoms. The van der Waals surface area contributed by atoms with Gasteiger partial charge in [-0.2, -0.15) is 5.26 Å². The number of aryl methyl sites for hydroxylation is 1. The van der Waals surface area contributed by atoms with Crippen LogP contribution < -0.4 is 10.9 Å². The van der Waals surface area contributed by atoms with Crippen LogP contribution in [0, 0.1) is 18.3 Å². The van der Waals surface area contributed by atoms with Gasteiger partial charge in [-0.1, -0.05) is 18.2 Å². The van der Waals surface area contributed by atoms with E-state index in [-0.39, 0.29) is 17.2 Å². The highest BCUT2D eigenvalue weighted by Gasteiger charge is 2.53. The second kappa shape index (κ2) is 6.72. The molecule has 1 amide bonds. The largest absolute Gasteiger partial charge is 0.366 e. The number of nitriles is 1. The van der Waals surface area contributed by atoms with Crippen LogP contribution in [0.15, 0.2) is 36.1 Å². The first-order valence-electron chi connectivity index (χ1n) is 6.75. The van der Waals surface area contributed by atoms with Gasteiger partial charge in [-0.25, -0.2) is 23.5 Å². The van der Waals surface area contributed by atoms with Gasteiger partial charge in [-0.05, 0) is 13.0 Å². The monoisotopic (exact) mass is 365 g/mol. The van der Waals surface area contributed by atoms with E-state index in [0.29, 0.717) is 5.69 Å². The highest BCUT2D eigenvalue weighted by molar-refractivity contribution is 8.02. The van der Waals surface area contributed by atoms with Crippen LogP contribution in [0.5, 0.6) is 0 Å². The Morgan fingerprint density at radius 3 is 2.79 bits per heavy atom. The zero-order chi connectivity index (χ0) is 18.0. The maximum atomic E-state index is 12.2. The van der Waals surface area contributed by atoms with E-state index in [1.165, 1.54) is 24.4 Å². The molecular formula is C14H15N5O3S2. The average molecular weight is 365 g/mol. The molecule has 1 aliphatic carbocycles. The van der Waals surface area contributed by atoms with Crippen molar-refractivity contribution >= 4 is 27.7 Å². The summed E-state index contributed by atoms with van der Waals surface area (Å²) in [5, 5.41) is 13.0. The summed E-state index contributed by atoms with van der Waals surface area (Å²) in [5.41, 5.74) is 6.02. The number of primary amides is 1.